The molecule has 112 valence electrons. The largest absolute Gasteiger partial charge is 0.474 e. The molecule has 4 nitrogen and oxygen atoms in total. The fraction of sp³-hybridized carbons (Fsp3) is 0.688. The maximum Gasteiger partial charge on any atom is 0.213 e. The molecule has 1 aromatic rings. The summed E-state index contributed by atoms with van der Waals surface area (Å²) in [5, 5.41) is 3.38. The Morgan fingerprint density at radius 3 is 2.55 bits per heavy atom. The number of ether oxygens (including phenoxy) is 2. The second kappa shape index (κ2) is 7.04. The van der Waals surface area contributed by atoms with Gasteiger partial charge in [0.25, 0.3) is 0 Å². The van der Waals surface area contributed by atoms with Crippen LogP contribution < -0.4 is 10.1 Å². The predicted octanol–water partition coefficient (Wildman–Crippen LogP) is 2.91. The number of rotatable bonds is 5. The van der Waals surface area contributed by atoms with Crippen molar-refractivity contribution < 1.29 is 9.47 Å². The topological polar surface area (TPSA) is 43.4 Å². The monoisotopic (exact) mass is 278 g/mol. The molecule has 4 heteroatoms. The van der Waals surface area contributed by atoms with E-state index in [1.807, 2.05) is 12.3 Å². The number of pyridine rings is 1. The molecular formula is C16H26N2O2. The molecule has 0 amide bonds. The van der Waals surface area contributed by atoms with E-state index < -0.39 is 0 Å². The Morgan fingerprint density at radius 1 is 1.30 bits per heavy atom. The molecule has 1 saturated heterocycles. The molecule has 20 heavy (non-hydrogen) atoms. The zero-order chi connectivity index (χ0) is 14.5. The van der Waals surface area contributed by atoms with Crippen molar-refractivity contribution in [2.75, 3.05) is 0 Å². The molecule has 2 atom stereocenters. The fourth-order valence-corrected chi connectivity index (χ4v) is 2.52. The van der Waals surface area contributed by atoms with Gasteiger partial charge >= 0.3 is 0 Å². The Balaban J connectivity index is 1.87. The van der Waals surface area contributed by atoms with E-state index in [9.17, 15) is 0 Å². The molecule has 1 aliphatic heterocycles. The Kier molecular flexibility index (Phi) is 5.38. The van der Waals surface area contributed by atoms with Gasteiger partial charge in [-0.15, -0.1) is 0 Å². The van der Waals surface area contributed by atoms with Crippen LogP contribution in [0.2, 0.25) is 0 Å². The number of hydrogen-bond acceptors (Lipinski definition) is 4. The molecule has 1 aliphatic rings. The highest BCUT2D eigenvalue weighted by molar-refractivity contribution is 5.18. The van der Waals surface area contributed by atoms with Crippen molar-refractivity contribution in [3.05, 3.63) is 23.9 Å². The van der Waals surface area contributed by atoms with E-state index in [0.29, 0.717) is 11.9 Å². The fourth-order valence-electron chi connectivity index (χ4n) is 2.52. The lowest BCUT2D eigenvalue weighted by Crippen LogP contribution is -2.35. The maximum atomic E-state index is 5.97. The molecule has 2 heterocycles. The van der Waals surface area contributed by atoms with Crippen LogP contribution in [0.4, 0.5) is 0 Å². The van der Waals surface area contributed by atoms with Crippen molar-refractivity contribution >= 4 is 0 Å². The van der Waals surface area contributed by atoms with Gasteiger partial charge in [0.05, 0.1) is 12.2 Å². The summed E-state index contributed by atoms with van der Waals surface area (Å²) in [6.07, 6.45) is 4.49. The first kappa shape index (κ1) is 15.3. The van der Waals surface area contributed by atoms with Crippen molar-refractivity contribution in [3.8, 4) is 5.88 Å². The first-order valence-electron chi connectivity index (χ1n) is 7.53. The van der Waals surface area contributed by atoms with Crippen molar-refractivity contribution in [2.45, 2.75) is 71.4 Å². The summed E-state index contributed by atoms with van der Waals surface area (Å²) in [7, 11) is 0. The lowest BCUT2D eigenvalue weighted by atomic mass is 10.0. The van der Waals surface area contributed by atoms with Crippen LogP contribution in [0.5, 0.6) is 5.88 Å². The third-order valence-corrected chi connectivity index (χ3v) is 3.45. The van der Waals surface area contributed by atoms with Gasteiger partial charge in [-0.3, -0.25) is 0 Å². The minimum absolute atomic E-state index is 0.209. The lowest BCUT2D eigenvalue weighted by molar-refractivity contribution is -0.0729. The van der Waals surface area contributed by atoms with Gasteiger partial charge in [-0.25, -0.2) is 4.98 Å². The smallest absolute Gasteiger partial charge is 0.213 e. The third-order valence-electron chi connectivity index (χ3n) is 3.45. The molecule has 0 radical (unpaired) electrons. The van der Waals surface area contributed by atoms with Crippen LogP contribution in [0.1, 0.15) is 46.1 Å². The summed E-state index contributed by atoms with van der Waals surface area (Å²) in [5.41, 5.74) is 1.18. The molecule has 0 saturated carbocycles. The highest BCUT2D eigenvalue weighted by atomic mass is 16.5. The highest BCUT2D eigenvalue weighted by Crippen LogP contribution is 2.23. The van der Waals surface area contributed by atoms with Gasteiger partial charge in [0.1, 0.15) is 6.10 Å². The Labute approximate surface area is 121 Å². The summed E-state index contributed by atoms with van der Waals surface area (Å²) in [5.74, 6) is 0.713. The molecule has 1 aromatic heterocycles. The van der Waals surface area contributed by atoms with E-state index in [1.54, 1.807) is 0 Å². The third kappa shape index (κ3) is 4.76. The predicted molar refractivity (Wildman–Crippen MR) is 79.9 cm³/mol. The number of nitrogens with one attached hydrogen (secondary N) is 1. The van der Waals surface area contributed by atoms with E-state index in [-0.39, 0.29) is 18.3 Å². The van der Waals surface area contributed by atoms with Crippen LogP contribution in [0.15, 0.2) is 18.3 Å². The average molecular weight is 278 g/mol. The molecule has 1 fully saturated rings. The second-order valence-electron chi connectivity index (χ2n) is 6.01. The zero-order valence-corrected chi connectivity index (χ0v) is 12.9. The summed E-state index contributed by atoms with van der Waals surface area (Å²) in [4.78, 5) is 4.40. The minimum Gasteiger partial charge on any atom is -0.474 e. The van der Waals surface area contributed by atoms with Gasteiger partial charge < -0.3 is 14.8 Å². The first-order valence-corrected chi connectivity index (χ1v) is 7.53. The molecule has 0 aliphatic carbocycles. The quantitative estimate of drug-likeness (QED) is 0.899. The maximum absolute atomic E-state index is 5.97. The van der Waals surface area contributed by atoms with Crippen LogP contribution >= 0.6 is 0 Å². The summed E-state index contributed by atoms with van der Waals surface area (Å²) in [6.45, 7) is 9.31. The first-order chi connectivity index (χ1) is 9.52. The van der Waals surface area contributed by atoms with Crippen LogP contribution in [-0.4, -0.2) is 29.3 Å². The molecular weight excluding hydrogens is 252 g/mol. The summed E-state index contributed by atoms with van der Waals surface area (Å²) >= 11 is 0. The molecule has 0 spiro atoms. The van der Waals surface area contributed by atoms with Crippen molar-refractivity contribution in [3.63, 3.8) is 0 Å². The van der Waals surface area contributed by atoms with E-state index in [1.165, 1.54) is 5.56 Å². The number of hydrogen-bond donors (Lipinski definition) is 1. The van der Waals surface area contributed by atoms with Crippen molar-refractivity contribution in [1.29, 1.82) is 0 Å². The Bertz CT molecular complexity index is 395. The van der Waals surface area contributed by atoms with Crippen LogP contribution in [0.25, 0.3) is 0 Å². The molecule has 1 N–H and O–H groups in total. The van der Waals surface area contributed by atoms with Crippen molar-refractivity contribution in [1.82, 2.24) is 10.3 Å². The van der Waals surface area contributed by atoms with Crippen LogP contribution in [-0.2, 0) is 11.3 Å². The number of nitrogens with zero attached hydrogens (tertiary/aromatic N) is 1. The Hall–Kier alpha value is -1.13. The van der Waals surface area contributed by atoms with Gasteiger partial charge in [0.2, 0.25) is 5.88 Å². The van der Waals surface area contributed by atoms with Gasteiger partial charge in [-0.05, 0) is 19.4 Å². The lowest BCUT2D eigenvalue weighted by Gasteiger charge is -2.31. The van der Waals surface area contributed by atoms with Crippen LogP contribution in [0, 0.1) is 0 Å². The van der Waals surface area contributed by atoms with E-state index in [2.05, 4.69) is 44.1 Å². The molecule has 2 unspecified atom stereocenters. The van der Waals surface area contributed by atoms with Gasteiger partial charge in [-0.1, -0.05) is 19.9 Å². The highest BCUT2D eigenvalue weighted by Gasteiger charge is 2.25. The van der Waals surface area contributed by atoms with Gasteiger partial charge in [-0.2, -0.15) is 0 Å². The number of aromatic nitrogens is 1. The SMILES string of the molecule is CC(C)NCc1ccc(OC2CC(C)OC(C)C2)nc1. The summed E-state index contributed by atoms with van der Waals surface area (Å²) < 4.78 is 11.7. The molecule has 0 bridgehead atoms. The summed E-state index contributed by atoms with van der Waals surface area (Å²) in [6, 6.07) is 4.52. The zero-order valence-electron chi connectivity index (χ0n) is 12.9. The average Bonchev–Trinajstić information content (AvgIpc) is 2.36. The molecule has 2 rings (SSSR count). The van der Waals surface area contributed by atoms with Gasteiger partial charge in [0.15, 0.2) is 0 Å². The standard InChI is InChI=1S/C16H26N2O2/c1-11(2)17-9-14-5-6-16(18-10-14)20-15-7-12(3)19-13(4)8-15/h5-6,10-13,15,17H,7-9H2,1-4H3. The molecule has 0 aromatic carbocycles. The van der Waals surface area contributed by atoms with Crippen molar-refractivity contribution in [2.24, 2.45) is 0 Å². The Morgan fingerprint density at radius 2 is 2.00 bits per heavy atom. The normalized spacial score (nSPS) is 26.8. The van der Waals surface area contributed by atoms with Gasteiger partial charge in [0, 0.05) is 37.7 Å². The van der Waals surface area contributed by atoms with E-state index in [4.69, 9.17) is 9.47 Å². The minimum atomic E-state index is 0.209. The van der Waals surface area contributed by atoms with Crippen LogP contribution in [0.3, 0.4) is 0 Å². The second-order valence-corrected chi connectivity index (χ2v) is 6.01. The van der Waals surface area contributed by atoms with E-state index in [0.717, 1.165) is 19.4 Å². The van der Waals surface area contributed by atoms with E-state index >= 15 is 0 Å².